The van der Waals surface area contributed by atoms with E-state index in [1.807, 2.05) is 36.4 Å². The van der Waals surface area contributed by atoms with Gasteiger partial charge >= 0.3 is 0 Å². The van der Waals surface area contributed by atoms with Crippen molar-refractivity contribution in [1.29, 1.82) is 0 Å². The smallest absolute Gasteiger partial charge is 0.235 e. The van der Waals surface area contributed by atoms with Gasteiger partial charge in [0.2, 0.25) is 5.91 Å². The topological polar surface area (TPSA) is 42.0 Å². The maximum absolute atomic E-state index is 13.6. The number of rotatable bonds is 3. The van der Waals surface area contributed by atoms with Crippen molar-refractivity contribution in [2.75, 3.05) is 5.32 Å². The number of fused-ring (bicyclic) bond motifs is 1. The van der Waals surface area contributed by atoms with Gasteiger partial charge < -0.3 is 5.32 Å². The van der Waals surface area contributed by atoms with Crippen molar-refractivity contribution in [3.05, 3.63) is 72.2 Å². The molecule has 0 spiro atoms. The van der Waals surface area contributed by atoms with Crippen molar-refractivity contribution in [1.82, 2.24) is 4.98 Å². The lowest BCUT2D eigenvalue weighted by Crippen LogP contribution is -2.46. The molecule has 1 aliphatic carbocycles. The highest BCUT2D eigenvalue weighted by Crippen LogP contribution is 2.45. The highest BCUT2D eigenvalue weighted by Gasteiger charge is 2.45. The average molecular weight is 320 g/mol. The van der Waals surface area contributed by atoms with Gasteiger partial charge in [0.1, 0.15) is 5.82 Å². The van der Waals surface area contributed by atoms with Gasteiger partial charge in [-0.05, 0) is 54.8 Å². The van der Waals surface area contributed by atoms with E-state index >= 15 is 0 Å². The third-order valence-electron chi connectivity index (χ3n) is 4.91. The predicted octanol–water partition coefficient (Wildman–Crippen LogP) is 4.43. The van der Waals surface area contributed by atoms with Gasteiger partial charge in [0.25, 0.3) is 0 Å². The zero-order valence-electron chi connectivity index (χ0n) is 13.1. The highest BCUT2D eigenvalue weighted by atomic mass is 19.1. The minimum Gasteiger partial charge on any atom is -0.325 e. The number of amides is 1. The fraction of sp³-hybridized carbons (Fsp3) is 0.200. The number of benzene rings is 2. The van der Waals surface area contributed by atoms with Crippen LogP contribution in [0.1, 0.15) is 24.8 Å². The molecule has 0 radical (unpaired) electrons. The molecule has 2 aromatic carbocycles. The van der Waals surface area contributed by atoms with Crippen LogP contribution in [-0.4, -0.2) is 10.9 Å². The third kappa shape index (κ3) is 2.35. The first-order valence-electron chi connectivity index (χ1n) is 8.10. The van der Waals surface area contributed by atoms with Crippen LogP contribution in [0.3, 0.4) is 0 Å². The zero-order chi connectivity index (χ0) is 16.6. The van der Waals surface area contributed by atoms with E-state index in [2.05, 4.69) is 10.3 Å². The zero-order valence-corrected chi connectivity index (χ0v) is 13.1. The number of nitrogens with zero attached hydrogens (tertiary/aromatic N) is 1. The van der Waals surface area contributed by atoms with Crippen LogP contribution >= 0.6 is 0 Å². The molecule has 3 aromatic rings. The lowest BCUT2D eigenvalue weighted by molar-refractivity contribution is -0.124. The van der Waals surface area contributed by atoms with Gasteiger partial charge in [-0.1, -0.05) is 24.6 Å². The Morgan fingerprint density at radius 3 is 2.67 bits per heavy atom. The lowest BCUT2D eigenvalue weighted by atomic mass is 9.63. The number of nitrogens with one attached hydrogen (secondary N) is 1. The SMILES string of the molecule is O=C(Nc1cccc2ncccc12)C1(c2cccc(F)c2)CCC1. The predicted molar refractivity (Wildman–Crippen MR) is 92.3 cm³/mol. The van der Waals surface area contributed by atoms with Crippen LogP contribution in [0.2, 0.25) is 0 Å². The monoisotopic (exact) mass is 320 g/mol. The second kappa shape index (κ2) is 5.71. The molecule has 1 N–H and O–H groups in total. The molecule has 1 aromatic heterocycles. The van der Waals surface area contributed by atoms with Gasteiger partial charge in [0.05, 0.1) is 16.6 Å². The summed E-state index contributed by atoms with van der Waals surface area (Å²) in [7, 11) is 0. The standard InChI is InChI=1S/C20H17FN2O/c21-15-6-1-5-14(13-15)20(10-4-11-20)19(24)23-18-9-2-8-17-16(18)7-3-12-22-17/h1-3,5-9,12-13H,4,10-11H2,(H,23,24). The van der Waals surface area contributed by atoms with Crippen molar-refractivity contribution >= 4 is 22.5 Å². The van der Waals surface area contributed by atoms with E-state index in [-0.39, 0.29) is 11.7 Å². The number of aromatic nitrogens is 1. The highest BCUT2D eigenvalue weighted by molar-refractivity contribution is 6.05. The van der Waals surface area contributed by atoms with Crippen molar-refractivity contribution in [2.45, 2.75) is 24.7 Å². The molecular weight excluding hydrogens is 303 g/mol. The molecular formula is C20H17FN2O. The van der Waals surface area contributed by atoms with Gasteiger partial charge in [-0.3, -0.25) is 9.78 Å². The van der Waals surface area contributed by atoms with Crippen molar-refractivity contribution in [3.63, 3.8) is 0 Å². The molecule has 4 heteroatoms. The van der Waals surface area contributed by atoms with Crippen molar-refractivity contribution in [2.24, 2.45) is 0 Å². The number of hydrogen-bond donors (Lipinski definition) is 1. The second-order valence-electron chi connectivity index (χ2n) is 6.28. The molecule has 3 nitrogen and oxygen atoms in total. The third-order valence-corrected chi connectivity index (χ3v) is 4.91. The van der Waals surface area contributed by atoms with Gasteiger partial charge in [-0.25, -0.2) is 4.39 Å². The summed E-state index contributed by atoms with van der Waals surface area (Å²) in [5.41, 5.74) is 1.70. The lowest BCUT2D eigenvalue weighted by Gasteiger charge is -2.40. The summed E-state index contributed by atoms with van der Waals surface area (Å²) in [4.78, 5) is 17.3. The molecule has 0 saturated heterocycles. The van der Waals surface area contributed by atoms with Crippen LogP contribution in [-0.2, 0) is 10.2 Å². The van der Waals surface area contributed by atoms with E-state index in [4.69, 9.17) is 0 Å². The molecule has 1 aliphatic rings. The molecule has 0 bridgehead atoms. The molecule has 24 heavy (non-hydrogen) atoms. The number of carbonyl (C=O) groups excluding carboxylic acids is 1. The summed E-state index contributed by atoms with van der Waals surface area (Å²) >= 11 is 0. The number of halogens is 1. The van der Waals surface area contributed by atoms with Crippen molar-refractivity contribution < 1.29 is 9.18 Å². The Labute approximate surface area is 139 Å². The van der Waals surface area contributed by atoms with E-state index in [0.29, 0.717) is 0 Å². The summed E-state index contributed by atoms with van der Waals surface area (Å²) in [5, 5.41) is 3.95. The van der Waals surface area contributed by atoms with Crippen LogP contribution in [0.4, 0.5) is 10.1 Å². The van der Waals surface area contributed by atoms with E-state index in [9.17, 15) is 9.18 Å². The first-order chi connectivity index (χ1) is 11.7. The summed E-state index contributed by atoms with van der Waals surface area (Å²) < 4.78 is 13.6. The Morgan fingerprint density at radius 1 is 1.08 bits per heavy atom. The molecule has 1 amide bonds. The maximum atomic E-state index is 13.6. The number of hydrogen-bond acceptors (Lipinski definition) is 2. The Kier molecular flexibility index (Phi) is 3.53. The Balaban J connectivity index is 1.70. The fourth-order valence-corrected chi connectivity index (χ4v) is 3.42. The summed E-state index contributed by atoms with van der Waals surface area (Å²) in [6.45, 7) is 0. The van der Waals surface area contributed by atoms with Gasteiger partial charge in [-0.15, -0.1) is 0 Å². The molecule has 0 atom stereocenters. The van der Waals surface area contributed by atoms with Crippen LogP contribution in [0.25, 0.3) is 10.9 Å². The molecule has 0 unspecified atom stereocenters. The summed E-state index contributed by atoms with van der Waals surface area (Å²) in [6, 6.07) is 15.8. The maximum Gasteiger partial charge on any atom is 0.235 e. The minimum absolute atomic E-state index is 0.0734. The molecule has 1 saturated carbocycles. The normalized spacial score (nSPS) is 15.7. The molecule has 4 rings (SSSR count). The average Bonchev–Trinajstić information content (AvgIpc) is 2.54. The largest absolute Gasteiger partial charge is 0.325 e. The van der Waals surface area contributed by atoms with E-state index in [0.717, 1.165) is 41.4 Å². The number of pyridine rings is 1. The van der Waals surface area contributed by atoms with Crippen LogP contribution in [0.5, 0.6) is 0 Å². The van der Waals surface area contributed by atoms with Crippen LogP contribution < -0.4 is 5.32 Å². The van der Waals surface area contributed by atoms with Crippen molar-refractivity contribution in [3.8, 4) is 0 Å². The summed E-state index contributed by atoms with van der Waals surface area (Å²) in [5.74, 6) is -0.378. The fourth-order valence-electron chi connectivity index (χ4n) is 3.42. The van der Waals surface area contributed by atoms with E-state index in [1.165, 1.54) is 12.1 Å². The quantitative estimate of drug-likeness (QED) is 0.775. The number of carbonyl (C=O) groups is 1. The second-order valence-corrected chi connectivity index (χ2v) is 6.28. The summed E-state index contributed by atoms with van der Waals surface area (Å²) in [6.07, 6.45) is 4.19. The molecule has 1 heterocycles. The van der Waals surface area contributed by atoms with E-state index < -0.39 is 5.41 Å². The number of anilines is 1. The molecule has 1 fully saturated rings. The van der Waals surface area contributed by atoms with Crippen LogP contribution in [0, 0.1) is 5.82 Å². The Hall–Kier alpha value is -2.75. The van der Waals surface area contributed by atoms with Gasteiger partial charge in [-0.2, -0.15) is 0 Å². The van der Waals surface area contributed by atoms with Crippen LogP contribution in [0.15, 0.2) is 60.8 Å². The minimum atomic E-state index is -0.632. The van der Waals surface area contributed by atoms with Gasteiger partial charge in [0.15, 0.2) is 0 Å². The van der Waals surface area contributed by atoms with Gasteiger partial charge in [0, 0.05) is 11.6 Å². The first kappa shape index (κ1) is 14.8. The van der Waals surface area contributed by atoms with E-state index in [1.54, 1.807) is 12.3 Å². The molecule has 0 aliphatic heterocycles. The molecule has 120 valence electrons. The Bertz CT molecular complexity index is 913. The first-order valence-corrected chi connectivity index (χ1v) is 8.10. The Morgan fingerprint density at radius 2 is 1.92 bits per heavy atom.